The zero-order valence-electron chi connectivity index (χ0n) is 18.2. The van der Waals surface area contributed by atoms with Crippen LogP contribution in [0.3, 0.4) is 0 Å². The van der Waals surface area contributed by atoms with Crippen LogP contribution >= 0.6 is 0 Å². The fourth-order valence-corrected chi connectivity index (χ4v) is 4.35. The second-order valence-electron chi connectivity index (χ2n) is 7.97. The van der Waals surface area contributed by atoms with Crippen LogP contribution in [-0.2, 0) is 18.3 Å². The fourth-order valence-electron chi connectivity index (χ4n) is 4.35. The van der Waals surface area contributed by atoms with Gasteiger partial charge in [-0.2, -0.15) is 5.10 Å². The number of hydrogen-bond acceptors (Lipinski definition) is 6. The number of esters is 1. The Hall–Kier alpha value is -3.94. The first-order valence-corrected chi connectivity index (χ1v) is 10.5. The van der Waals surface area contributed by atoms with Crippen LogP contribution in [0.25, 0.3) is 22.4 Å². The first-order chi connectivity index (χ1) is 15.5. The first kappa shape index (κ1) is 20.0. The number of benzene rings is 2. The molecule has 1 N–H and O–H groups in total. The molecule has 2 aromatic carbocycles. The van der Waals surface area contributed by atoms with Crippen molar-refractivity contribution in [2.45, 2.75) is 25.9 Å². The van der Waals surface area contributed by atoms with Crippen molar-refractivity contribution < 1.29 is 9.53 Å². The third-order valence-corrected chi connectivity index (χ3v) is 5.92. The van der Waals surface area contributed by atoms with Crippen LogP contribution < -0.4 is 5.32 Å². The smallest absolute Gasteiger partial charge is 0.339 e. The van der Waals surface area contributed by atoms with Crippen molar-refractivity contribution >= 4 is 11.7 Å². The molecule has 0 spiro atoms. The Bertz CT molecular complexity index is 1310. The van der Waals surface area contributed by atoms with Gasteiger partial charge in [0, 0.05) is 36.6 Å². The molecular weight excluding hydrogens is 404 g/mol. The Morgan fingerprint density at radius 1 is 1.19 bits per heavy atom. The molecule has 0 radical (unpaired) electrons. The average Bonchev–Trinajstić information content (AvgIpc) is 3.37. The summed E-state index contributed by atoms with van der Waals surface area (Å²) in [7, 11) is 3.31. The van der Waals surface area contributed by atoms with Crippen molar-refractivity contribution in [1.29, 1.82) is 0 Å². The second kappa shape index (κ2) is 7.96. The summed E-state index contributed by atoms with van der Waals surface area (Å²) in [4.78, 5) is 12.3. The lowest BCUT2D eigenvalue weighted by Gasteiger charge is -2.22. The number of carbonyl (C=O) groups excluding carboxylic acids is 1. The highest BCUT2D eigenvalue weighted by molar-refractivity contribution is 5.95. The topological polar surface area (TPSA) is 86.9 Å². The summed E-state index contributed by atoms with van der Waals surface area (Å²) >= 11 is 0. The normalized spacial score (nSPS) is 14.9. The Labute approximate surface area is 185 Å². The Balaban J connectivity index is 1.63. The molecule has 0 saturated heterocycles. The molecule has 1 aliphatic heterocycles. The number of nitrogens with zero attached hydrogens (tertiary/aromatic N) is 5. The number of aromatic nitrogens is 5. The van der Waals surface area contributed by atoms with Crippen LogP contribution in [0.15, 0.2) is 54.9 Å². The largest absolute Gasteiger partial charge is 0.465 e. The maximum atomic E-state index is 12.3. The van der Waals surface area contributed by atoms with E-state index in [4.69, 9.17) is 4.74 Å². The molecule has 0 saturated carbocycles. The molecule has 0 aliphatic carbocycles. The number of aryl methyl sites for hydroxylation is 3. The molecule has 1 unspecified atom stereocenters. The van der Waals surface area contributed by atoms with E-state index in [0.29, 0.717) is 12.1 Å². The third kappa shape index (κ3) is 3.43. The van der Waals surface area contributed by atoms with Crippen LogP contribution in [0.5, 0.6) is 0 Å². The molecule has 32 heavy (non-hydrogen) atoms. The number of fused-ring (bicyclic) bond motifs is 3. The number of anilines is 1. The van der Waals surface area contributed by atoms with Crippen molar-refractivity contribution in [3.63, 3.8) is 0 Å². The van der Waals surface area contributed by atoms with Crippen LogP contribution in [0, 0.1) is 6.92 Å². The molecular formula is C24H24N6O2. The van der Waals surface area contributed by atoms with Gasteiger partial charge < -0.3 is 10.1 Å². The van der Waals surface area contributed by atoms with E-state index in [1.54, 1.807) is 10.7 Å². The summed E-state index contributed by atoms with van der Waals surface area (Å²) in [5.74, 6) is -0.362. The van der Waals surface area contributed by atoms with E-state index in [2.05, 4.69) is 38.9 Å². The molecule has 3 heterocycles. The van der Waals surface area contributed by atoms with E-state index in [1.165, 1.54) is 7.11 Å². The molecule has 0 bridgehead atoms. The molecule has 1 atom stereocenters. The van der Waals surface area contributed by atoms with Gasteiger partial charge in [0.1, 0.15) is 0 Å². The lowest BCUT2D eigenvalue weighted by Crippen LogP contribution is -2.15. The molecule has 162 valence electrons. The predicted molar refractivity (Wildman–Crippen MR) is 121 cm³/mol. The van der Waals surface area contributed by atoms with Crippen molar-refractivity contribution in [2.24, 2.45) is 7.05 Å². The van der Waals surface area contributed by atoms with Crippen molar-refractivity contribution in [3.05, 3.63) is 71.7 Å². The minimum Gasteiger partial charge on any atom is -0.465 e. The molecule has 2 aromatic heterocycles. The maximum absolute atomic E-state index is 12.3. The quantitative estimate of drug-likeness (QED) is 0.495. The number of ether oxygens (including phenoxy) is 1. The zero-order valence-corrected chi connectivity index (χ0v) is 18.2. The Morgan fingerprint density at radius 2 is 2.03 bits per heavy atom. The Morgan fingerprint density at radius 3 is 2.81 bits per heavy atom. The van der Waals surface area contributed by atoms with Crippen molar-refractivity contribution in [2.75, 3.05) is 12.4 Å². The van der Waals surface area contributed by atoms with Crippen molar-refractivity contribution in [3.8, 4) is 22.4 Å². The highest BCUT2D eigenvalue weighted by Gasteiger charge is 2.26. The van der Waals surface area contributed by atoms with Gasteiger partial charge in [0.25, 0.3) is 0 Å². The molecule has 0 amide bonds. The standard InChI is InChI=1S/C24H24N6O2/c1-15-23-18-9-8-16(17-13-25-29(2)14-17)12-20(18)22(10-11-30(23)28-27-15)26-21-7-5-4-6-19(21)24(31)32-3/h4-9,12-14,22,26H,10-11H2,1-3H3. The molecule has 8 nitrogen and oxygen atoms in total. The summed E-state index contributed by atoms with van der Waals surface area (Å²) in [5.41, 5.74) is 7.55. The van der Waals surface area contributed by atoms with Gasteiger partial charge in [-0.3, -0.25) is 4.68 Å². The summed E-state index contributed by atoms with van der Waals surface area (Å²) in [6.45, 7) is 2.70. The van der Waals surface area contributed by atoms with E-state index in [1.807, 2.05) is 49.2 Å². The van der Waals surface area contributed by atoms with Gasteiger partial charge in [0.05, 0.1) is 36.3 Å². The number of hydrogen-bond donors (Lipinski definition) is 1. The minimum atomic E-state index is -0.362. The van der Waals surface area contributed by atoms with Gasteiger partial charge in [-0.25, -0.2) is 9.48 Å². The SMILES string of the molecule is COC(=O)c1ccccc1NC1CCn2nnc(C)c2-c2ccc(-c3cnn(C)c3)cc21. The van der Waals surface area contributed by atoms with Crippen LogP contribution in [0.2, 0.25) is 0 Å². The second-order valence-corrected chi connectivity index (χ2v) is 7.97. The molecule has 8 heteroatoms. The summed E-state index contributed by atoms with van der Waals surface area (Å²) < 4.78 is 8.75. The van der Waals surface area contributed by atoms with E-state index in [-0.39, 0.29) is 12.0 Å². The van der Waals surface area contributed by atoms with Gasteiger partial charge >= 0.3 is 5.97 Å². The van der Waals surface area contributed by atoms with Crippen LogP contribution in [0.1, 0.15) is 34.1 Å². The molecule has 4 aromatic rings. The maximum Gasteiger partial charge on any atom is 0.339 e. The number of methoxy groups -OCH3 is 1. The molecule has 0 fully saturated rings. The monoisotopic (exact) mass is 428 g/mol. The summed E-state index contributed by atoms with van der Waals surface area (Å²) in [5, 5.41) is 16.6. The van der Waals surface area contributed by atoms with Gasteiger partial charge in [0.2, 0.25) is 0 Å². The Kier molecular flexibility index (Phi) is 4.97. The molecule has 5 rings (SSSR count). The van der Waals surface area contributed by atoms with E-state index >= 15 is 0 Å². The van der Waals surface area contributed by atoms with Gasteiger partial charge in [0.15, 0.2) is 0 Å². The number of carbonyl (C=O) groups is 1. The van der Waals surface area contributed by atoms with Gasteiger partial charge in [-0.05, 0) is 42.7 Å². The van der Waals surface area contributed by atoms with Crippen molar-refractivity contribution in [1.82, 2.24) is 24.8 Å². The van der Waals surface area contributed by atoms with Crippen LogP contribution in [-0.4, -0.2) is 37.9 Å². The lowest BCUT2D eigenvalue weighted by molar-refractivity contribution is 0.0601. The summed E-state index contributed by atoms with van der Waals surface area (Å²) in [6, 6.07) is 13.8. The van der Waals surface area contributed by atoms with Crippen LogP contribution in [0.4, 0.5) is 5.69 Å². The van der Waals surface area contributed by atoms with E-state index in [0.717, 1.165) is 45.7 Å². The molecule has 1 aliphatic rings. The predicted octanol–water partition coefficient (Wildman–Crippen LogP) is 4.00. The lowest BCUT2D eigenvalue weighted by atomic mass is 9.92. The third-order valence-electron chi connectivity index (χ3n) is 5.92. The fraction of sp³-hybridized carbons (Fsp3) is 0.250. The first-order valence-electron chi connectivity index (χ1n) is 10.5. The minimum absolute atomic E-state index is 0.0338. The number of nitrogens with one attached hydrogen (secondary N) is 1. The highest BCUT2D eigenvalue weighted by atomic mass is 16.5. The number of para-hydroxylation sites is 1. The van der Waals surface area contributed by atoms with Gasteiger partial charge in [-0.15, -0.1) is 5.10 Å². The summed E-state index contributed by atoms with van der Waals surface area (Å²) in [6.07, 6.45) is 4.66. The van der Waals surface area contributed by atoms with Gasteiger partial charge in [-0.1, -0.05) is 29.5 Å². The van der Waals surface area contributed by atoms with E-state index in [9.17, 15) is 4.79 Å². The number of rotatable bonds is 4. The average molecular weight is 428 g/mol. The van der Waals surface area contributed by atoms with E-state index < -0.39 is 0 Å². The highest BCUT2D eigenvalue weighted by Crippen LogP contribution is 2.39. The zero-order chi connectivity index (χ0) is 22.2.